The lowest BCUT2D eigenvalue weighted by Crippen LogP contribution is -1.96. The molecule has 0 spiro atoms. The van der Waals surface area contributed by atoms with E-state index in [4.69, 9.17) is 0 Å². The fourth-order valence-electron chi connectivity index (χ4n) is 1.93. The molecular formula is C15H13Br2F. The molecule has 2 aromatic rings. The van der Waals surface area contributed by atoms with Crippen LogP contribution in [0.15, 0.2) is 46.9 Å². The number of benzene rings is 2. The Morgan fingerprint density at radius 3 is 2.61 bits per heavy atom. The first-order chi connectivity index (χ1) is 8.54. The van der Waals surface area contributed by atoms with Crippen molar-refractivity contribution in [3.63, 3.8) is 0 Å². The molecule has 0 aliphatic carbocycles. The van der Waals surface area contributed by atoms with Crippen molar-refractivity contribution in [1.82, 2.24) is 0 Å². The molecule has 0 aromatic heterocycles. The summed E-state index contributed by atoms with van der Waals surface area (Å²) >= 11 is 7.17. The van der Waals surface area contributed by atoms with Gasteiger partial charge in [0.05, 0.1) is 0 Å². The Labute approximate surface area is 123 Å². The molecule has 0 bridgehead atoms. The quantitative estimate of drug-likeness (QED) is 0.618. The normalized spacial score (nSPS) is 12.4. The molecule has 0 saturated carbocycles. The van der Waals surface area contributed by atoms with E-state index < -0.39 is 0 Å². The Morgan fingerprint density at radius 1 is 1.17 bits per heavy atom. The minimum Gasteiger partial charge on any atom is -0.207 e. The lowest BCUT2D eigenvalue weighted by atomic mass is 10.0. The predicted octanol–water partition coefficient (Wildman–Crippen LogP) is 5.58. The van der Waals surface area contributed by atoms with Crippen LogP contribution in [0.3, 0.4) is 0 Å². The number of hydrogen-bond donors (Lipinski definition) is 0. The van der Waals surface area contributed by atoms with E-state index in [9.17, 15) is 4.39 Å². The van der Waals surface area contributed by atoms with Gasteiger partial charge in [0.1, 0.15) is 5.82 Å². The van der Waals surface area contributed by atoms with Crippen LogP contribution < -0.4 is 0 Å². The molecule has 1 unspecified atom stereocenters. The van der Waals surface area contributed by atoms with Gasteiger partial charge in [-0.2, -0.15) is 0 Å². The maximum Gasteiger partial charge on any atom is 0.123 e. The van der Waals surface area contributed by atoms with Gasteiger partial charge in [0, 0.05) is 9.30 Å². The smallest absolute Gasteiger partial charge is 0.123 e. The lowest BCUT2D eigenvalue weighted by Gasteiger charge is -2.12. The number of aryl methyl sites for hydroxylation is 1. The third-order valence-electron chi connectivity index (χ3n) is 2.73. The molecule has 2 aromatic carbocycles. The van der Waals surface area contributed by atoms with Gasteiger partial charge in [-0.05, 0) is 54.3 Å². The van der Waals surface area contributed by atoms with Gasteiger partial charge < -0.3 is 0 Å². The highest BCUT2D eigenvalue weighted by Gasteiger charge is 2.10. The minimum atomic E-state index is -0.183. The molecule has 0 radical (unpaired) electrons. The van der Waals surface area contributed by atoms with Crippen LogP contribution >= 0.6 is 31.9 Å². The van der Waals surface area contributed by atoms with Crippen LogP contribution in [-0.2, 0) is 6.42 Å². The Bertz CT molecular complexity index is 532. The molecule has 0 aliphatic rings. The van der Waals surface area contributed by atoms with Crippen molar-refractivity contribution in [2.24, 2.45) is 0 Å². The summed E-state index contributed by atoms with van der Waals surface area (Å²) in [5.41, 5.74) is 3.41. The van der Waals surface area contributed by atoms with E-state index >= 15 is 0 Å². The van der Waals surface area contributed by atoms with Gasteiger partial charge >= 0.3 is 0 Å². The summed E-state index contributed by atoms with van der Waals surface area (Å²) in [5.74, 6) is -0.183. The molecule has 0 N–H and O–H groups in total. The summed E-state index contributed by atoms with van der Waals surface area (Å²) in [7, 11) is 0. The van der Waals surface area contributed by atoms with Gasteiger partial charge in [-0.25, -0.2) is 4.39 Å². The summed E-state index contributed by atoms with van der Waals surface area (Å²) in [6, 6.07) is 13.1. The van der Waals surface area contributed by atoms with Crippen molar-refractivity contribution in [3.8, 4) is 0 Å². The second-order valence-corrected chi connectivity index (χ2v) is 6.38. The zero-order valence-electron chi connectivity index (χ0n) is 9.96. The van der Waals surface area contributed by atoms with Crippen LogP contribution in [0.1, 0.15) is 21.5 Å². The van der Waals surface area contributed by atoms with Crippen molar-refractivity contribution < 1.29 is 4.39 Å². The van der Waals surface area contributed by atoms with Crippen molar-refractivity contribution in [3.05, 3.63) is 69.4 Å². The third-order valence-corrected chi connectivity index (χ3v) is 4.04. The van der Waals surface area contributed by atoms with Crippen LogP contribution in [0.2, 0.25) is 0 Å². The monoisotopic (exact) mass is 370 g/mol. The van der Waals surface area contributed by atoms with Gasteiger partial charge in [-0.1, -0.05) is 50.1 Å². The van der Waals surface area contributed by atoms with E-state index in [1.807, 2.05) is 6.07 Å². The van der Waals surface area contributed by atoms with E-state index in [2.05, 4.69) is 57.0 Å². The molecule has 18 heavy (non-hydrogen) atoms. The molecule has 2 rings (SSSR count). The average molecular weight is 372 g/mol. The number of halogens is 3. The second-order valence-electron chi connectivity index (χ2n) is 4.36. The Hall–Kier alpha value is -0.670. The molecule has 0 fully saturated rings. The first-order valence-electron chi connectivity index (χ1n) is 5.70. The van der Waals surface area contributed by atoms with E-state index in [0.717, 1.165) is 16.5 Å². The molecule has 0 heterocycles. The predicted molar refractivity (Wildman–Crippen MR) is 80.7 cm³/mol. The number of alkyl halides is 1. The molecular weight excluding hydrogens is 359 g/mol. The lowest BCUT2D eigenvalue weighted by molar-refractivity contribution is 0.625. The van der Waals surface area contributed by atoms with Crippen molar-refractivity contribution >= 4 is 31.9 Å². The van der Waals surface area contributed by atoms with Gasteiger partial charge in [0.25, 0.3) is 0 Å². The first kappa shape index (κ1) is 13.8. The molecule has 0 nitrogen and oxygen atoms in total. The van der Waals surface area contributed by atoms with Crippen LogP contribution in [-0.4, -0.2) is 0 Å². The largest absolute Gasteiger partial charge is 0.207 e. The van der Waals surface area contributed by atoms with Gasteiger partial charge in [0.2, 0.25) is 0 Å². The number of rotatable bonds is 3. The summed E-state index contributed by atoms with van der Waals surface area (Å²) in [6.07, 6.45) is 0.771. The summed E-state index contributed by atoms with van der Waals surface area (Å²) < 4.78 is 14.2. The SMILES string of the molecule is Cc1cc(Br)cc(C(Br)Cc2cccc(F)c2)c1. The highest BCUT2D eigenvalue weighted by Crippen LogP contribution is 2.30. The summed E-state index contributed by atoms with van der Waals surface area (Å²) in [4.78, 5) is 0.190. The average Bonchev–Trinajstić information content (AvgIpc) is 2.27. The van der Waals surface area contributed by atoms with Gasteiger partial charge in [0.15, 0.2) is 0 Å². The molecule has 94 valence electrons. The standard InChI is InChI=1S/C15H13Br2F/c1-10-5-12(9-13(16)6-10)15(17)8-11-3-2-4-14(18)7-11/h2-7,9,15H,8H2,1H3. The Kier molecular flexibility index (Phi) is 4.57. The van der Waals surface area contributed by atoms with Crippen LogP contribution in [0.5, 0.6) is 0 Å². The van der Waals surface area contributed by atoms with Crippen LogP contribution in [0.4, 0.5) is 4.39 Å². The van der Waals surface area contributed by atoms with Crippen molar-refractivity contribution in [2.75, 3.05) is 0 Å². The molecule has 0 aliphatic heterocycles. The van der Waals surface area contributed by atoms with Gasteiger partial charge in [-0.15, -0.1) is 0 Å². The minimum absolute atomic E-state index is 0.183. The summed E-state index contributed by atoms with van der Waals surface area (Å²) in [6.45, 7) is 2.07. The van der Waals surface area contributed by atoms with Crippen LogP contribution in [0.25, 0.3) is 0 Å². The maximum absolute atomic E-state index is 13.1. The van der Waals surface area contributed by atoms with Gasteiger partial charge in [-0.3, -0.25) is 0 Å². The third kappa shape index (κ3) is 3.66. The fraction of sp³-hybridized carbons (Fsp3) is 0.200. The zero-order valence-corrected chi connectivity index (χ0v) is 13.1. The zero-order chi connectivity index (χ0) is 13.1. The van der Waals surface area contributed by atoms with E-state index in [-0.39, 0.29) is 10.6 Å². The topological polar surface area (TPSA) is 0 Å². The number of hydrogen-bond acceptors (Lipinski definition) is 0. The van der Waals surface area contributed by atoms with Crippen molar-refractivity contribution in [2.45, 2.75) is 18.2 Å². The van der Waals surface area contributed by atoms with Crippen molar-refractivity contribution in [1.29, 1.82) is 0 Å². The molecule has 3 heteroatoms. The van der Waals surface area contributed by atoms with E-state index in [1.54, 1.807) is 12.1 Å². The first-order valence-corrected chi connectivity index (χ1v) is 7.41. The molecule has 1 atom stereocenters. The molecule has 0 amide bonds. The second kappa shape index (κ2) is 5.98. The van der Waals surface area contributed by atoms with E-state index in [1.165, 1.54) is 17.2 Å². The Morgan fingerprint density at radius 2 is 1.94 bits per heavy atom. The Balaban J connectivity index is 2.19. The highest BCUT2D eigenvalue weighted by atomic mass is 79.9. The van der Waals surface area contributed by atoms with E-state index in [0.29, 0.717) is 0 Å². The molecule has 0 saturated heterocycles. The summed E-state index contributed by atoms with van der Waals surface area (Å²) in [5, 5.41) is 0. The maximum atomic E-state index is 13.1. The fourth-order valence-corrected chi connectivity index (χ4v) is 3.20. The van der Waals surface area contributed by atoms with Crippen LogP contribution in [0, 0.1) is 12.7 Å². The highest BCUT2D eigenvalue weighted by molar-refractivity contribution is 9.10.